The van der Waals surface area contributed by atoms with Gasteiger partial charge in [0.15, 0.2) is 0 Å². The molecule has 2 aromatic rings. The van der Waals surface area contributed by atoms with Gasteiger partial charge in [0.2, 0.25) is 5.91 Å². The first-order valence-electron chi connectivity index (χ1n) is 6.91. The van der Waals surface area contributed by atoms with Gasteiger partial charge in [-0.3, -0.25) is 9.78 Å². The minimum Gasteiger partial charge on any atom is -0.465 e. The maximum atomic E-state index is 12.4. The molecule has 0 fully saturated rings. The molecule has 0 aliphatic rings. The summed E-state index contributed by atoms with van der Waals surface area (Å²) >= 11 is 6.04. The van der Waals surface area contributed by atoms with Crippen LogP contribution < -0.4 is 5.32 Å². The summed E-state index contributed by atoms with van der Waals surface area (Å²) in [5, 5.41) is 2.39. The first kappa shape index (κ1) is 18.7. The number of pyridine rings is 1. The minimum absolute atomic E-state index is 0.0890. The highest BCUT2D eigenvalue weighted by atomic mass is 35.5. The fraction of sp³-hybridized carbons (Fsp3) is 0.188. The molecule has 1 aromatic heterocycles. The monoisotopic (exact) mass is 372 g/mol. The average Bonchev–Trinajstić information content (AvgIpc) is 2.52. The van der Waals surface area contributed by atoms with Crippen molar-refractivity contribution >= 4 is 29.2 Å². The lowest BCUT2D eigenvalue weighted by Gasteiger charge is -2.13. The largest absolute Gasteiger partial charge is 0.465 e. The second-order valence-electron chi connectivity index (χ2n) is 4.93. The molecule has 9 heteroatoms. The van der Waals surface area contributed by atoms with E-state index in [-0.39, 0.29) is 11.3 Å². The molecule has 0 atom stereocenters. The van der Waals surface area contributed by atoms with Gasteiger partial charge in [0.1, 0.15) is 6.42 Å². The zero-order chi connectivity index (χ0) is 18.6. The van der Waals surface area contributed by atoms with Crippen molar-refractivity contribution in [1.29, 1.82) is 0 Å². The van der Waals surface area contributed by atoms with Gasteiger partial charge in [0.25, 0.3) is 0 Å². The predicted molar refractivity (Wildman–Crippen MR) is 85.3 cm³/mol. The highest BCUT2D eigenvalue weighted by Gasteiger charge is 2.31. The van der Waals surface area contributed by atoms with Crippen molar-refractivity contribution in [1.82, 2.24) is 4.98 Å². The average molecular weight is 373 g/mol. The van der Waals surface area contributed by atoms with Gasteiger partial charge in [-0.1, -0.05) is 17.7 Å². The number of nitrogens with one attached hydrogen (secondary N) is 1. The number of amides is 1. The Morgan fingerprint density at radius 1 is 1.28 bits per heavy atom. The highest BCUT2D eigenvalue weighted by Crippen LogP contribution is 2.30. The summed E-state index contributed by atoms with van der Waals surface area (Å²) in [6, 6.07) is 7.32. The Bertz CT molecular complexity index is 809. The third kappa shape index (κ3) is 4.93. The molecule has 0 saturated heterocycles. The molecule has 0 radical (unpaired) electrons. The Morgan fingerprint density at radius 3 is 2.60 bits per heavy atom. The zero-order valence-electron chi connectivity index (χ0n) is 12.9. The molecule has 0 saturated carbocycles. The van der Waals surface area contributed by atoms with Gasteiger partial charge in [0, 0.05) is 11.8 Å². The van der Waals surface area contributed by atoms with E-state index in [1.54, 1.807) is 12.1 Å². The Kier molecular flexibility index (Phi) is 5.63. The second-order valence-corrected chi connectivity index (χ2v) is 5.33. The minimum atomic E-state index is -4.67. The van der Waals surface area contributed by atoms with Gasteiger partial charge in [-0.25, -0.2) is 4.79 Å². The Morgan fingerprint density at radius 2 is 2.00 bits per heavy atom. The summed E-state index contributed by atoms with van der Waals surface area (Å²) in [5.41, 5.74) is 0.557. The van der Waals surface area contributed by atoms with Crippen molar-refractivity contribution in [3.05, 3.63) is 47.1 Å². The number of hydrogen-bond acceptors (Lipinski definition) is 4. The molecule has 0 bridgehead atoms. The van der Waals surface area contributed by atoms with Crippen LogP contribution in [0.5, 0.6) is 0 Å². The summed E-state index contributed by atoms with van der Waals surface area (Å²) < 4.78 is 41.6. The standard InChI is InChI=1S/C16H12ClF3N2O3/c1-25-15(24)10-5-4-9(14-11(17)3-2-6-21-14)7-12(10)22-13(23)8-16(18,19)20/h2-7H,8H2,1H3,(H,22,23). The summed E-state index contributed by atoms with van der Waals surface area (Å²) in [5.74, 6) is -2.11. The van der Waals surface area contributed by atoms with Crippen LogP contribution in [0.15, 0.2) is 36.5 Å². The molecule has 1 aromatic carbocycles. The lowest BCUT2D eigenvalue weighted by Crippen LogP contribution is -2.22. The molecular formula is C16H12ClF3N2O3. The number of carbonyl (C=O) groups is 2. The van der Waals surface area contributed by atoms with E-state index in [0.29, 0.717) is 16.3 Å². The molecule has 0 unspecified atom stereocenters. The number of methoxy groups -OCH3 is 1. The summed E-state index contributed by atoms with van der Waals surface area (Å²) in [7, 11) is 1.12. The van der Waals surface area contributed by atoms with Crippen LogP contribution in [-0.2, 0) is 9.53 Å². The number of aromatic nitrogens is 1. The van der Waals surface area contributed by atoms with Crippen LogP contribution in [0.1, 0.15) is 16.8 Å². The van der Waals surface area contributed by atoms with Crippen LogP contribution in [0.25, 0.3) is 11.3 Å². The first-order valence-corrected chi connectivity index (χ1v) is 7.29. The van der Waals surface area contributed by atoms with E-state index in [4.69, 9.17) is 11.6 Å². The lowest BCUT2D eigenvalue weighted by atomic mass is 10.1. The first-order chi connectivity index (χ1) is 11.7. The lowest BCUT2D eigenvalue weighted by molar-refractivity contribution is -0.150. The topological polar surface area (TPSA) is 68.3 Å². The van der Waals surface area contributed by atoms with Crippen molar-refractivity contribution in [2.45, 2.75) is 12.6 Å². The van der Waals surface area contributed by atoms with Gasteiger partial charge in [0.05, 0.1) is 29.1 Å². The van der Waals surface area contributed by atoms with Gasteiger partial charge in [-0.05, 0) is 24.3 Å². The number of alkyl halides is 3. The van der Waals surface area contributed by atoms with E-state index in [1.165, 1.54) is 24.4 Å². The third-order valence-corrected chi connectivity index (χ3v) is 3.40. The van der Waals surface area contributed by atoms with Crippen molar-refractivity contribution in [3.63, 3.8) is 0 Å². The molecule has 0 aliphatic carbocycles. The predicted octanol–water partition coefficient (Wildman–Crippen LogP) is 4.08. The smallest absolute Gasteiger partial charge is 0.397 e. The number of ether oxygens (including phenoxy) is 1. The van der Waals surface area contributed by atoms with Crippen molar-refractivity contribution in [2.24, 2.45) is 0 Å². The maximum Gasteiger partial charge on any atom is 0.397 e. The summed E-state index contributed by atoms with van der Waals surface area (Å²) in [6.07, 6.45) is -4.86. The molecule has 5 nitrogen and oxygen atoms in total. The molecule has 132 valence electrons. The fourth-order valence-corrected chi connectivity index (χ4v) is 2.29. The van der Waals surface area contributed by atoms with E-state index >= 15 is 0 Å². The maximum absolute atomic E-state index is 12.4. The number of nitrogens with zero attached hydrogens (tertiary/aromatic N) is 1. The SMILES string of the molecule is COC(=O)c1ccc(-c2ncccc2Cl)cc1NC(=O)CC(F)(F)F. The number of rotatable bonds is 4. The fourth-order valence-electron chi connectivity index (χ4n) is 2.06. The van der Waals surface area contributed by atoms with Gasteiger partial charge >= 0.3 is 12.1 Å². The Labute approximate surface area is 145 Å². The Hall–Kier alpha value is -2.61. The van der Waals surface area contributed by atoms with Crippen LogP contribution in [0.3, 0.4) is 0 Å². The van der Waals surface area contributed by atoms with Crippen LogP contribution in [-0.4, -0.2) is 30.1 Å². The van der Waals surface area contributed by atoms with Crippen molar-refractivity contribution < 1.29 is 27.5 Å². The normalized spacial score (nSPS) is 11.1. The van der Waals surface area contributed by atoms with Crippen LogP contribution in [0.2, 0.25) is 5.02 Å². The highest BCUT2D eigenvalue weighted by molar-refractivity contribution is 6.33. The van der Waals surface area contributed by atoms with Crippen LogP contribution >= 0.6 is 11.6 Å². The number of esters is 1. The van der Waals surface area contributed by atoms with Crippen molar-refractivity contribution in [2.75, 3.05) is 12.4 Å². The quantitative estimate of drug-likeness (QED) is 0.821. The van der Waals surface area contributed by atoms with Crippen molar-refractivity contribution in [3.8, 4) is 11.3 Å². The van der Waals surface area contributed by atoms with E-state index in [1.807, 2.05) is 0 Å². The van der Waals surface area contributed by atoms with Gasteiger partial charge in [-0.2, -0.15) is 13.2 Å². The third-order valence-electron chi connectivity index (χ3n) is 3.09. The molecule has 1 heterocycles. The summed E-state index contributed by atoms with van der Waals surface area (Å²) in [4.78, 5) is 27.4. The second kappa shape index (κ2) is 7.52. The summed E-state index contributed by atoms with van der Waals surface area (Å²) in [6.45, 7) is 0. The molecule has 1 N–H and O–H groups in total. The number of anilines is 1. The molecular weight excluding hydrogens is 361 g/mol. The molecule has 2 rings (SSSR count). The van der Waals surface area contributed by atoms with E-state index < -0.39 is 24.5 Å². The number of hydrogen-bond donors (Lipinski definition) is 1. The molecule has 0 spiro atoms. The van der Waals surface area contributed by atoms with E-state index in [9.17, 15) is 22.8 Å². The van der Waals surface area contributed by atoms with Crippen LogP contribution in [0.4, 0.5) is 18.9 Å². The Balaban J connectivity index is 2.43. The number of halogens is 4. The van der Waals surface area contributed by atoms with E-state index in [2.05, 4.69) is 15.0 Å². The number of benzene rings is 1. The van der Waals surface area contributed by atoms with E-state index in [0.717, 1.165) is 7.11 Å². The zero-order valence-corrected chi connectivity index (χ0v) is 13.6. The number of carbonyl (C=O) groups excluding carboxylic acids is 2. The van der Waals surface area contributed by atoms with Gasteiger partial charge < -0.3 is 10.1 Å². The van der Waals surface area contributed by atoms with Gasteiger partial charge in [-0.15, -0.1) is 0 Å². The molecule has 0 aliphatic heterocycles. The molecule has 25 heavy (non-hydrogen) atoms. The molecule has 1 amide bonds. The van der Waals surface area contributed by atoms with Crippen LogP contribution in [0, 0.1) is 0 Å².